The highest BCUT2D eigenvalue weighted by Crippen LogP contribution is 2.23. The van der Waals surface area contributed by atoms with Crippen molar-refractivity contribution in [1.82, 2.24) is 4.90 Å². The van der Waals surface area contributed by atoms with Gasteiger partial charge < -0.3 is 11.5 Å². The summed E-state index contributed by atoms with van der Waals surface area (Å²) in [4.78, 5) is 6.68. The molecule has 4 N–H and O–H groups in total. The van der Waals surface area contributed by atoms with Crippen LogP contribution in [0.15, 0.2) is 29.3 Å². The van der Waals surface area contributed by atoms with E-state index in [1.807, 2.05) is 6.07 Å². The van der Waals surface area contributed by atoms with Crippen LogP contribution >= 0.6 is 24.0 Å². The van der Waals surface area contributed by atoms with Gasteiger partial charge in [0.15, 0.2) is 5.96 Å². The van der Waals surface area contributed by atoms with E-state index in [1.54, 1.807) is 0 Å². The first-order valence-electron chi connectivity index (χ1n) is 7.39. The summed E-state index contributed by atoms with van der Waals surface area (Å²) < 4.78 is 0. The highest BCUT2D eigenvalue weighted by molar-refractivity contribution is 14.0. The fourth-order valence-electron chi connectivity index (χ4n) is 3.20. The van der Waals surface area contributed by atoms with Crippen LogP contribution < -0.4 is 11.5 Å². The highest BCUT2D eigenvalue weighted by atomic mass is 127. The largest absolute Gasteiger partial charge is 0.370 e. The highest BCUT2D eigenvalue weighted by Gasteiger charge is 2.22. The fraction of sp³-hybridized carbons (Fsp3) is 0.562. The van der Waals surface area contributed by atoms with Gasteiger partial charge in [0.25, 0.3) is 0 Å². The maximum Gasteiger partial charge on any atom is 0.186 e. The predicted molar refractivity (Wildman–Crippen MR) is 99.6 cm³/mol. The van der Waals surface area contributed by atoms with Gasteiger partial charge in [0.2, 0.25) is 0 Å². The van der Waals surface area contributed by atoms with Crippen LogP contribution in [-0.4, -0.2) is 23.9 Å². The number of aliphatic imine (C=N–C) groups is 1. The number of likely N-dealkylation sites (tertiary alicyclic amines) is 1. The van der Waals surface area contributed by atoms with Gasteiger partial charge in [0, 0.05) is 19.6 Å². The predicted octanol–water partition coefficient (Wildman–Crippen LogP) is 2.56. The first-order chi connectivity index (χ1) is 9.54. The SMILES string of the molecule is CC1CC(C)CN(Cc2ccccc2CN=C(N)N)C1.I. The Morgan fingerprint density at radius 3 is 2.29 bits per heavy atom. The minimum atomic E-state index is 0. The van der Waals surface area contributed by atoms with Crippen molar-refractivity contribution in [3.8, 4) is 0 Å². The van der Waals surface area contributed by atoms with Crippen LogP contribution in [0.3, 0.4) is 0 Å². The van der Waals surface area contributed by atoms with E-state index in [0.29, 0.717) is 6.54 Å². The molecule has 21 heavy (non-hydrogen) atoms. The molecule has 5 heteroatoms. The second kappa shape index (κ2) is 8.58. The first-order valence-corrected chi connectivity index (χ1v) is 7.39. The average molecular weight is 402 g/mol. The third-order valence-corrected chi connectivity index (χ3v) is 3.89. The lowest BCUT2D eigenvalue weighted by atomic mass is 9.91. The van der Waals surface area contributed by atoms with E-state index in [9.17, 15) is 0 Å². The van der Waals surface area contributed by atoms with Gasteiger partial charge in [-0.1, -0.05) is 38.1 Å². The Hall–Kier alpha value is -0.820. The molecule has 1 heterocycles. The van der Waals surface area contributed by atoms with E-state index < -0.39 is 0 Å². The van der Waals surface area contributed by atoms with Gasteiger partial charge in [0.05, 0.1) is 6.54 Å². The molecule has 4 nitrogen and oxygen atoms in total. The monoisotopic (exact) mass is 402 g/mol. The number of rotatable bonds is 4. The van der Waals surface area contributed by atoms with Gasteiger partial charge in [-0.2, -0.15) is 0 Å². The smallest absolute Gasteiger partial charge is 0.186 e. The molecule has 1 aromatic rings. The average Bonchev–Trinajstić information content (AvgIpc) is 2.36. The summed E-state index contributed by atoms with van der Waals surface area (Å²) in [5, 5.41) is 0. The molecule has 118 valence electrons. The fourth-order valence-corrected chi connectivity index (χ4v) is 3.20. The lowest BCUT2D eigenvalue weighted by Crippen LogP contribution is -2.38. The second-order valence-electron chi connectivity index (χ2n) is 6.15. The molecule has 1 fully saturated rings. The van der Waals surface area contributed by atoms with E-state index in [1.165, 1.54) is 30.6 Å². The van der Waals surface area contributed by atoms with E-state index in [2.05, 4.69) is 41.9 Å². The van der Waals surface area contributed by atoms with Crippen molar-refractivity contribution in [1.29, 1.82) is 0 Å². The van der Waals surface area contributed by atoms with Crippen molar-refractivity contribution >= 4 is 29.9 Å². The molecule has 0 amide bonds. The van der Waals surface area contributed by atoms with Crippen LogP contribution in [0.25, 0.3) is 0 Å². The molecule has 2 rings (SSSR count). The minimum Gasteiger partial charge on any atom is -0.370 e. The summed E-state index contributed by atoms with van der Waals surface area (Å²) in [7, 11) is 0. The molecular weight excluding hydrogens is 375 g/mol. The Morgan fingerprint density at radius 2 is 1.71 bits per heavy atom. The van der Waals surface area contributed by atoms with Gasteiger partial charge in [-0.05, 0) is 29.4 Å². The topological polar surface area (TPSA) is 67.6 Å². The maximum atomic E-state index is 5.43. The van der Waals surface area contributed by atoms with Crippen LogP contribution in [0.2, 0.25) is 0 Å². The summed E-state index contributed by atoms with van der Waals surface area (Å²) in [6.45, 7) is 8.60. The number of nitrogens with zero attached hydrogens (tertiary/aromatic N) is 2. The first kappa shape index (κ1) is 18.2. The molecule has 1 saturated heterocycles. The number of piperidine rings is 1. The van der Waals surface area contributed by atoms with E-state index >= 15 is 0 Å². The van der Waals surface area contributed by atoms with Crippen LogP contribution in [-0.2, 0) is 13.1 Å². The number of halogens is 1. The number of hydrogen-bond acceptors (Lipinski definition) is 2. The molecule has 0 radical (unpaired) electrons. The van der Waals surface area contributed by atoms with Crippen LogP contribution in [0.4, 0.5) is 0 Å². The molecule has 1 aliphatic rings. The van der Waals surface area contributed by atoms with Gasteiger partial charge in [-0.25, -0.2) is 4.99 Å². The number of hydrogen-bond donors (Lipinski definition) is 2. The van der Waals surface area contributed by atoms with Crippen molar-refractivity contribution in [2.75, 3.05) is 13.1 Å². The number of benzene rings is 1. The number of guanidine groups is 1. The Morgan fingerprint density at radius 1 is 1.14 bits per heavy atom. The van der Waals surface area contributed by atoms with Crippen LogP contribution in [0.5, 0.6) is 0 Å². The zero-order valence-corrected chi connectivity index (χ0v) is 15.3. The van der Waals surface area contributed by atoms with Crippen molar-refractivity contribution in [2.45, 2.75) is 33.4 Å². The third-order valence-electron chi connectivity index (χ3n) is 3.89. The van der Waals surface area contributed by atoms with Gasteiger partial charge in [-0.3, -0.25) is 4.90 Å². The molecule has 1 aromatic carbocycles. The van der Waals surface area contributed by atoms with E-state index in [4.69, 9.17) is 11.5 Å². The van der Waals surface area contributed by atoms with Gasteiger partial charge in [0.1, 0.15) is 0 Å². The molecule has 2 atom stereocenters. The summed E-state index contributed by atoms with van der Waals surface area (Å²) in [6.07, 6.45) is 1.34. The zero-order valence-electron chi connectivity index (χ0n) is 13.0. The summed E-state index contributed by atoms with van der Waals surface area (Å²) >= 11 is 0. The lowest BCUT2D eigenvalue weighted by Gasteiger charge is -2.35. The van der Waals surface area contributed by atoms with Crippen LogP contribution in [0, 0.1) is 11.8 Å². The molecule has 0 saturated carbocycles. The quantitative estimate of drug-likeness (QED) is 0.462. The minimum absolute atomic E-state index is 0. The Balaban J connectivity index is 0.00000220. The maximum absolute atomic E-state index is 5.43. The Labute approximate surface area is 145 Å². The van der Waals surface area contributed by atoms with Gasteiger partial charge in [-0.15, -0.1) is 24.0 Å². The lowest BCUT2D eigenvalue weighted by molar-refractivity contribution is 0.134. The molecule has 0 spiro atoms. The van der Waals surface area contributed by atoms with E-state index in [0.717, 1.165) is 18.4 Å². The summed E-state index contributed by atoms with van der Waals surface area (Å²) in [5.74, 6) is 1.72. The van der Waals surface area contributed by atoms with Gasteiger partial charge >= 0.3 is 0 Å². The molecule has 1 aliphatic heterocycles. The molecule has 0 aliphatic carbocycles. The van der Waals surface area contributed by atoms with Crippen molar-refractivity contribution in [3.05, 3.63) is 35.4 Å². The van der Waals surface area contributed by atoms with Crippen molar-refractivity contribution in [2.24, 2.45) is 28.3 Å². The molecular formula is C16H27IN4. The van der Waals surface area contributed by atoms with Crippen molar-refractivity contribution < 1.29 is 0 Å². The summed E-state index contributed by atoms with van der Waals surface area (Å²) in [5.41, 5.74) is 13.4. The third kappa shape index (κ3) is 5.82. The Kier molecular flexibility index (Phi) is 7.45. The second-order valence-corrected chi connectivity index (χ2v) is 6.15. The zero-order chi connectivity index (χ0) is 14.5. The van der Waals surface area contributed by atoms with Crippen molar-refractivity contribution in [3.63, 3.8) is 0 Å². The standard InChI is InChI=1S/C16H26N4.HI/c1-12-7-13(2)10-20(9-12)11-15-6-4-3-5-14(15)8-19-16(17)18;/h3-6,12-13H,7-11H2,1-2H3,(H4,17,18,19);1H. The number of nitrogens with two attached hydrogens (primary N) is 2. The molecule has 0 bridgehead atoms. The molecule has 0 aromatic heterocycles. The summed E-state index contributed by atoms with van der Waals surface area (Å²) in [6, 6.07) is 8.42. The van der Waals surface area contributed by atoms with E-state index in [-0.39, 0.29) is 29.9 Å². The normalized spacial score (nSPS) is 22.4. The molecule has 2 unspecified atom stereocenters. The Bertz CT molecular complexity index is 461. The van der Waals surface area contributed by atoms with Crippen LogP contribution in [0.1, 0.15) is 31.4 Å².